The molecule has 0 amide bonds. The van der Waals surface area contributed by atoms with Gasteiger partial charge in [-0.3, -0.25) is 0 Å². The van der Waals surface area contributed by atoms with Gasteiger partial charge in [-0.05, 0) is 6.08 Å². The SMILES string of the molecule is C[N+]1(C)[C@@H]2CC=C[C@H]1COC2. The second kappa shape index (κ2) is 2.32. The monoisotopic (exact) mass is 154 g/mol. The maximum absolute atomic E-state index is 5.51. The number of likely N-dealkylation sites (N-methyl/N-ethyl adjacent to an activating group) is 1. The summed E-state index contributed by atoms with van der Waals surface area (Å²) < 4.78 is 6.63. The van der Waals surface area contributed by atoms with Gasteiger partial charge in [-0.15, -0.1) is 0 Å². The fourth-order valence-electron chi connectivity index (χ4n) is 1.99. The van der Waals surface area contributed by atoms with Crippen LogP contribution in [0.2, 0.25) is 0 Å². The molecule has 2 atom stereocenters. The summed E-state index contributed by atoms with van der Waals surface area (Å²) in [5, 5.41) is 0. The molecule has 11 heavy (non-hydrogen) atoms. The number of morpholine rings is 1. The minimum absolute atomic E-state index is 0.600. The maximum Gasteiger partial charge on any atom is 0.131 e. The molecule has 0 aromatic rings. The molecule has 1 fully saturated rings. The molecule has 0 spiro atoms. The number of fused-ring (bicyclic) bond motifs is 2. The van der Waals surface area contributed by atoms with Crippen molar-refractivity contribution in [2.75, 3.05) is 27.3 Å². The van der Waals surface area contributed by atoms with Gasteiger partial charge >= 0.3 is 0 Å². The van der Waals surface area contributed by atoms with E-state index < -0.39 is 0 Å². The number of hydrogen-bond acceptors (Lipinski definition) is 1. The van der Waals surface area contributed by atoms with Crippen molar-refractivity contribution in [2.24, 2.45) is 0 Å². The van der Waals surface area contributed by atoms with Crippen LogP contribution in [0.4, 0.5) is 0 Å². The fraction of sp³-hybridized carbons (Fsp3) is 0.778. The molecular weight excluding hydrogens is 138 g/mol. The van der Waals surface area contributed by atoms with E-state index in [-0.39, 0.29) is 0 Å². The molecule has 0 saturated carbocycles. The third-order valence-corrected chi connectivity index (χ3v) is 3.16. The Kier molecular flexibility index (Phi) is 1.55. The lowest BCUT2D eigenvalue weighted by Crippen LogP contribution is -2.63. The second-order valence-electron chi connectivity index (χ2n) is 4.05. The average molecular weight is 154 g/mol. The van der Waals surface area contributed by atoms with Crippen molar-refractivity contribution in [1.29, 1.82) is 0 Å². The third-order valence-electron chi connectivity index (χ3n) is 3.16. The van der Waals surface area contributed by atoms with Crippen LogP contribution in [0.5, 0.6) is 0 Å². The number of nitrogens with zero attached hydrogens (tertiary/aromatic N) is 1. The number of hydrogen-bond donors (Lipinski definition) is 0. The Morgan fingerprint density at radius 3 is 2.82 bits per heavy atom. The van der Waals surface area contributed by atoms with Crippen molar-refractivity contribution in [2.45, 2.75) is 18.5 Å². The van der Waals surface area contributed by atoms with E-state index in [4.69, 9.17) is 4.74 Å². The third kappa shape index (κ3) is 1.01. The first-order chi connectivity index (χ1) is 5.21. The predicted molar refractivity (Wildman–Crippen MR) is 44.3 cm³/mol. The summed E-state index contributed by atoms with van der Waals surface area (Å²) in [6.07, 6.45) is 5.79. The van der Waals surface area contributed by atoms with Crippen molar-refractivity contribution < 1.29 is 9.22 Å². The average Bonchev–Trinajstić information content (AvgIpc) is 1.82. The van der Waals surface area contributed by atoms with E-state index in [9.17, 15) is 0 Å². The molecule has 2 bridgehead atoms. The van der Waals surface area contributed by atoms with Crippen molar-refractivity contribution in [3.63, 3.8) is 0 Å². The van der Waals surface area contributed by atoms with Gasteiger partial charge in [-0.25, -0.2) is 0 Å². The van der Waals surface area contributed by atoms with Crippen molar-refractivity contribution in [1.82, 2.24) is 0 Å². The van der Waals surface area contributed by atoms with Crippen LogP contribution in [0, 0.1) is 0 Å². The molecular formula is C9H16NO+. The van der Waals surface area contributed by atoms with Crippen molar-refractivity contribution in [3.05, 3.63) is 12.2 Å². The van der Waals surface area contributed by atoms with Gasteiger partial charge in [0.15, 0.2) is 0 Å². The quantitative estimate of drug-likeness (QED) is 0.370. The number of rotatable bonds is 0. The summed E-state index contributed by atoms with van der Waals surface area (Å²) in [6.45, 7) is 1.84. The fourth-order valence-corrected chi connectivity index (χ4v) is 1.99. The van der Waals surface area contributed by atoms with Gasteiger partial charge in [-0.1, -0.05) is 6.08 Å². The number of ether oxygens (including phenoxy) is 1. The van der Waals surface area contributed by atoms with Crippen LogP contribution in [0.25, 0.3) is 0 Å². The first-order valence-electron chi connectivity index (χ1n) is 4.29. The molecule has 2 rings (SSSR count). The van der Waals surface area contributed by atoms with E-state index in [2.05, 4.69) is 26.2 Å². The molecule has 0 radical (unpaired) electrons. The van der Waals surface area contributed by atoms with Gasteiger partial charge in [0.1, 0.15) is 18.7 Å². The zero-order valence-corrected chi connectivity index (χ0v) is 7.29. The van der Waals surface area contributed by atoms with Crippen LogP contribution >= 0.6 is 0 Å². The normalized spacial score (nSPS) is 40.5. The summed E-state index contributed by atoms with van der Waals surface area (Å²) in [7, 11) is 4.61. The summed E-state index contributed by atoms with van der Waals surface area (Å²) >= 11 is 0. The topological polar surface area (TPSA) is 9.23 Å². The molecule has 0 aliphatic carbocycles. The lowest BCUT2D eigenvalue weighted by atomic mass is 9.99. The van der Waals surface area contributed by atoms with Crippen LogP contribution in [-0.2, 0) is 4.74 Å². The van der Waals surface area contributed by atoms with Crippen LogP contribution in [-0.4, -0.2) is 43.9 Å². The largest absolute Gasteiger partial charge is 0.369 e. The predicted octanol–water partition coefficient (Wildman–Crippen LogP) is 0.790. The summed E-state index contributed by atoms with van der Waals surface area (Å²) in [5.41, 5.74) is 0. The molecule has 1 saturated heterocycles. The highest BCUT2D eigenvalue weighted by Crippen LogP contribution is 2.26. The zero-order chi connectivity index (χ0) is 7.90. The standard InChI is InChI=1S/C9H16NO/c1-10(2)8-4-3-5-9(10)7-11-6-8/h3-4,8-9H,5-7H2,1-2H3/q+1/t8-,9+/m0/s1. The molecule has 0 N–H and O–H groups in total. The Morgan fingerprint density at radius 1 is 1.36 bits per heavy atom. The van der Waals surface area contributed by atoms with E-state index in [1.54, 1.807) is 0 Å². The van der Waals surface area contributed by atoms with Crippen LogP contribution in [0.15, 0.2) is 12.2 Å². The van der Waals surface area contributed by atoms with Crippen LogP contribution in [0.1, 0.15) is 6.42 Å². The molecule has 2 heterocycles. The Bertz CT molecular complexity index is 186. The van der Waals surface area contributed by atoms with Crippen molar-refractivity contribution >= 4 is 0 Å². The molecule has 2 heteroatoms. The van der Waals surface area contributed by atoms with E-state index >= 15 is 0 Å². The first-order valence-corrected chi connectivity index (χ1v) is 4.29. The molecule has 62 valence electrons. The van der Waals surface area contributed by atoms with Gasteiger partial charge in [0.25, 0.3) is 0 Å². The highest BCUT2D eigenvalue weighted by Gasteiger charge is 2.40. The molecule has 0 aromatic heterocycles. The Balaban J connectivity index is 2.28. The minimum atomic E-state index is 0.600. The van der Waals surface area contributed by atoms with Gasteiger partial charge in [-0.2, -0.15) is 0 Å². The van der Waals surface area contributed by atoms with E-state index in [1.165, 1.54) is 6.42 Å². The highest BCUT2D eigenvalue weighted by molar-refractivity contribution is 4.98. The van der Waals surface area contributed by atoms with Gasteiger partial charge in [0.05, 0.1) is 20.7 Å². The molecule has 0 unspecified atom stereocenters. The lowest BCUT2D eigenvalue weighted by molar-refractivity contribution is -0.942. The van der Waals surface area contributed by atoms with Gasteiger partial charge in [0.2, 0.25) is 0 Å². The Hall–Kier alpha value is -0.340. The number of quaternary nitrogens is 1. The maximum atomic E-state index is 5.51. The summed E-state index contributed by atoms with van der Waals surface area (Å²) in [5.74, 6) is 0. The van der Waals surface area contributed by atoms with Gasteiger partial charge < -0.3 is 9.22 Å². The molecule has 2 nitrogen and oxygen atoms in total. The zero-order valence-electron chi connectivity index (χ0n) is 7.29. The lowest BCUT2D eigenvalue weighted by Gasteiger charge is -2.48. The van der Waals surface area contributed by atoms with Crippen LogP contribution in [0.3, 0.4) is 0 Å². The van der Waals surface area contributed by atoms with Crippen LogP contribution < -0.4 is 0 Å². The molecule has 2 aliphatic heterocycles. The van der Waals surface area contributed by atoms with E-state index in [1.807, 2.05) is 0 Å². The highest BCUT2D eigenvalue weighted by atomic mass is 16.5. The summed E-state index contributed by atoms with van der Waals surface area (Å²) in [4.78, 5) is 0. The Morgan fingerprint density at radius 2 is 2.18 bits per heavy atom. The minimum Gasteiger partial charge on any atom is -0.369 e. The van der Waals surface area contributed by atoms with Crippen molar-refractivity contribution in [3.8, 4) is 0 Å². The smallest absolute Gasteiger partial charge is 0.131 e. The second-order valence-corrected chi connectivity index (χ2v) is 4.05. The molecule has 0 aromatic carbocycles. The van der Waals surface area contributed by atoms with Gasteiger partial charge in [0, 0.05) is 6.42 Å². The van der Waals surface area contributed by atoms with E-state index in [0.29, 0.717) is 12.1 Å². The first kappa shape index (κ1) is 7.32. The summed E-state index contributed by atoms with van der Waals surface area (Å²) in [6, 6.07) is 1.29. The Labute approximate surface area is 68.0 Å². The molecule has 2 aliphatic rings. The van der Waals surface area contributed by atoms with E-state index in [0.717, 1.165) is 17.7 Å².